The number of urea groups is 1. The Bertz CT molecular complexity index is 1750. The summed E-state index contributed by atoms with van der Waals surface area (Å²) in [4.78, 5) is 33.2. The molecule has 42 heavy (non-hydrogen) atoms. The number of imidazole rings is 1. The van der Waals surface area contributed by atoms with Gasteiger partial charge in [-0.1, -0.05) is 49.4 Å². The van der Waals surface area contributed by atoms with E-state index in [1.54, 1.807) is 17.4 Å². The molecule has 2 fully saturated rings. The number of morpholine rings is 1. The van der Waals surface area contributed by atoms with Gasteiger partial charge in [-0.2, -0.15) is 0 Å². The monoisotopic (exact) mass is 587 g/mol. The summed E-state index contributed by atoms with van der Waals surface area (Å²) in [5.41, 5.74) is 3.16. The lowest BCUT2D eigenvalue weighted by Crippen LogP contribution is -2.41. The lowest BCUT2D eigenvalue weighted by Gasteiger charge is -2.28. The second kappa shape index (κ2) is 10.3. The zero-order valence-corrected chi connectivity index (χ0v) is 24.8. The van der Waals surface area contributed by atoms with Gasteiger partial charge < -0.3 is 19.5 Å². The van der Waals surface area contributed by atoms with E-state index in [2.05, 4.69) is 30.6 Å². The highest BCUT2D eigenvalue weighted by Crippen LogP contribution is 2.30. The van der Waals surface area contributed by atoms with Gasteiger partial charge in [-0.15, -0.1) is 0 Å². The Morgan fingerprint density at radius 3 is 2.74 bits per heavy atom. The van der Waals surface area contributed by atoms with E-state index in [9.17, 15) is 4.79 Å². The average molecular weight is 588 g/mol. The number of carbonyl (C=O) groups is 1. The molecule has 0 saturated carbocycles. The maximum Gasteiger partial charge on any atom is 0.324 e. The molecule has 2 aliphatic heterocycles. The van der Waals surface area contributed by atoms with Gasteiger partial charge in [0.15, 0.2) is 10.8 Å². The molecule has 6 heterocycles. The number of thiazole rings is 1. The van der Waals surface area contributed by atoms with Crippen LogP contribution in [0.25, 0.3) is 26.6 Å². The minimum Gasteiger partial charge on any atom is -0.375 e. The highest BCUT2D eigenvalue weighted by molar-refractivity contribution is 7.23. The molecule has 12 nitrogen and oxygen atoms in total. The molecule has 2 amide bonds. The maximum atomic E-state index is 12.5. The highest BCUT2D eigenvalue weighted by Gasteiger charge is 2.38. The molecule has 2 bridgehead atoms. The van der Waals surface area contributed by atoms with Gasteiger partial charge in [0.05, 0.1) is 24.6 Å². The Balaban J connectivity index is 0.994. The van der Waals surface area contributed by atoms with Gasteiger partial charge in [0, 0.05) is 61.7 Å². The third-order valence-corrected chi connectivity index (χ3v) is 8.82. The van der Waals surface area contributed by atoms with Gasteiger partial charge in [0.2, 0.25) is 5.95 Å². The summed E-state index contributed by atoms with van der Waals surface area (Å²) in [6, 6.07) is 9.44. The number of carbonyl (C=O) groups excluding carboxylic acids is 1. The second-order valence-corrected chi connectivity index (χ2v) is 12.9. The van der Waals surface area contributed by atoms with Crippen molar-refractivity contribution in [2.75, 3.05) is 48.8 Å². The lowest BCUT2D eigenvalue weighted by atomic mass is 9.93. The minimum atomic E-state index is -0.395. The number of hydrogen-bond acceptors (Lipinski definition) is 10. The Morgan fingerprint density at radius 2 is 2.02 bits per heavy atom. The summed E-state index contributed by atoms with van der Waals surface area (Å²) in [5, 5.41) is 9.46. The quantitative estimate of drug-likeness (QED) is 0.275. The van der Waals surface area contributed by atoms with Crippen LogP contribution in [0.1, 0.15) is 33.0 Å². The van der Waals surface area contributed by atoms with Crippen LogP contribution in [0, 0.1) is 0 Å². The van der Waals surface area contributed by atoms with Gasteiger partial charge in [-0.3, -0.25) is 14.6 Å². The molecule has 2 aliphatic rings. The van der Waals surface area contributed by atoms with Crippen molar-refractivity contribution in [1.82, 2.24) is 29.4 Å². The number of aromatic nitrogens is 5. The van der Waals surface area contributed by atoms with Crippen LogP contribution in [0.5, 0.6) is 0 Å². The van der Waals surface area contributed by atoms with Gasteiger partial charge in [0.1, 0.15) is 16.1 Å². The van der Waals surface area contributed by atoms with Crippen LogP contribution in [0.3, 0.4) is 0 Å². The van der Waals surface area contributed by atoms with Crippen LogP contribution in [0.15, 0.2) is 47.2 Å². The number of fused-ring (bicyclic) bond motifs is 5. The number of rotatable bonds is 7. The van der Waals surface area contributed by atoms with E-state index in [1.807, 2.05) is 68.9 Å². The fourth-order valence-electron chi connectivity index (χ4n) is 5.43. The molecule has 13 heteroatoms. The van der Waals surface area contributed by atoms with Crippen molar-refractivity contribution >= 4 is 50.1 Å². The van der Waals surface area contributed by atoms with Crippen LogP contribution < -0.4 is 15.5 Å². The van der Waals surface area contributed by atoms with Crippen molar-refractivity contribution in [2.24, 2.45) is 0 Å². The Kier molecular flexibility index (Phi) is 6.59. The molecule has 2 N–H and O–H groups in total. The summed E-state index contributed by atoms with van der Waals surface area (Å²) in [5.74, 6) is 1.79. The number of likely N-dealkylation sites (tertiary alicyclic amines) is 1. The summed E-state index contributed by atoms with van der Waals surface area (Å²) in [6.07, 6.45) is 5.44. The topological polar surface area (TPSA) is 126 Å². The number of hydrogen-bond donors (Lipinski definition) is 2. The number of ether oxygens (including phenoxy) is 1. The van der Waals surface area contributed by atoms with Crippen LogP contribution in [-0.2, 0) is 10.2 Å². The zero-order valence-electron chi connectivity index (χ0n) is 24.0. The Morgan fingerprint density at radius 1 is 1.19 bits per heavy atom. The van der Waals surface area contributed by atoms with E-state index in [0.29, 0.717) is 29.4 Å². The van der Waals surface area contributed by atoms with Crippen molar-refractivity contribution < 1.29 is 14.1 Å². The van der Waals surface area contributed by atoms with E-state index < -0.39 is 6.03 Å². The summed E-state index contributed by atoms with van der Waals surface area (Å²) >= 11 is 1.55. The number of nitrogens with zero attached hydrogens (tertiary/aromatic N) is 7. The molecule has 218 valence electrons. The third-order valence-electron chi connectivity index (χ3n) is 7.85. The van der Waals surface area contributed by atoms with Crippen molar-refractivity contribution in [3.63, 3.8) is 0 Å². The fraction of sp³-hybridized carbons (Fsp3) is 0.414. The molecule has 7 rings (SSSR count). The number of nitrogens with one attached hydrogen (secondary N) is 2. The van der Waals surface area contributed by atoms with Crippen LogP contribution in [0.4, 0.5) is 22.2 Å². The molecular formula is C29H33N9O3S. The van der Waals surface area contributed by atoms with Crippen molar-refractivity contribution in [3.05, 3.63) is 48.5 Å². The first-order valence-electron chi connectivity index (χ1n) is 14.1. The fourth-order valence-corrected chi connectivity index (χ4v) is 6.38. The predicted octanol–water partition coefficient (Wildman–Crippen LogP) is 4.84. The van der Waals surface area contributed by atoms with Crippen LogP contribution >= 0.6 is 11.3 Å². The Labute approximate surface area is 246 Å². The van der Waals surface area contributed by atoms with Gasteiger partial charge in [-0.25, -0.2) is 19.7 Å². The van der Waals surface area contributed by atoms with Crippen LogP contribution in [-0.4, -0.2) is 80.9 Å². The first-order chi connectivity index (χ1) is 20.2. The molecule has 2 atom stereocenters. The highest BCUT2D eigenvalue weighted by atomic mass is 32.1. The zero-order chi connectivity index (χ0) is 29.0. The summed E-state index contributed by atoms with van der Waals surface area (Å²) in [7, 11) is 2.04. The number of likely N-dealkylation sites (N-methyl/N-ethyl adjacent to an activating group) is 1. The molecule has 0 unspecified atom stereocenters. The largest absolute Gasteiger partial charge is 0.375 e. The number of benzene rings is 1. The molecule has 0 aliphatic carbocycles. The summed E-state index contributed by atoms with van der Waals surface area (Å²) < 4.78 is 13.1. The van der Waals surface area contributed by atoms with Gasteiger partial charge >= 0.3 is 6.03 Å². The Hall–Kier alpha value is -4.07. The first-order valence-corrected chi connectivity index (χ1v) is 14.9. The first kappa shape index (κ1) is 26.8. The molecule has 0 spiro atoms. The van der Waals surface area contributed by atoms with Crippen molar-refractivity contribution in [1.29, 1.82) is 0 Å². The molecule has 2 saturated heterocycles. The van der Waals surface area contributed by atoms with E-state index in [1.165, 1.54) is 0 Å². The molecule has 1 aromatic carbocycles. The van der Waals surface area contributed by atoms with E-state index >= 15 is 0 Å². The van der Waals surface area contributed by atoms with Gasteiger partial charge in [-0.05, 0) is 18.6 Å². The smallest absolute Gasteiger partial charge is 0.324 e. The standard InChI is InChI=1S/C29H33N9O3S/c1-29(2,3)23-12-24(35-41-23)33-27(39)31-18-7-5-17(6-8-18)21-15-38-22-13-30-26(34-25(22)42-28(38)32-21)36(4)9-10-37-14-20-11-19(37)16-40-20/h5-8,12-13,15,19-20H,9-11,14,16H2,1-4H3,(H2,31,33,35,39)/t19-,20-/m0/s1. The van der Waals surface area contributed by atoms with Crippen molar-refractivity contribution in [2.45, 2.75) is 44.8 Å². The second-order valence-electron chi connectivity index (χ2n) is 12.0. The predicted molar refractivity (Wildman–Crippen MR) is 162 cm³/mol. The summed E-state index contributed by atoms with van der Waals surface area (Å²) in [6.45, 7) is 9.79. The average Bonchev–Trinajstić information content (AvgIpc) is 3.78. The minimum absolute atomic E-state index is 0.191. The van der Waals surface area contributed by atoms with Crippen LogP contribution in [0.2, 0.25) is 0 Å². The molecule has 4 aromatic heterocycles. The van der Waals surface area contributed by atoms with E-state index in [0.717, 1.165) is 65.2 Å². The van der Waals surface area contributed by atoms with Crippen molar-refractivity contribution in [3.8, 4) is 11.3 Å². The lowest BCUT2D eigenvalue weighted by molar-refractivity contribution is 0.0319. The SMILES string of the molecule is CN(CCN1C[C@@H]2C[C@H]1CO2)c1ncc2c(n1)sc1nc(-c3ccc(NC(=O)Nc4cc(C(C)(C)C)on4)cc3)cn12. The van der Waals surface area contributed by atoms with Gasteiger partial charge in [0.25, 0.3) is 0 Å². The maximum absolute atomic E-state index is 12.5. The molecular weight excluding hydrogens is 554 g/mol. The van der Waals surface area contributed by atoms with E-state index in [4.69, 9.17) is 19.2 Å². The normalized spacial score (nSPS) is 18.8. The third kappa shape index (κ3) is 5.19. The number of anilines is 3. The number of amides is 2. The molecule has 5 aromatic rings. The van der Waals surface area contributed by atoms with E-state index in [-0.39, 0.29) is 5.41 Å². The molecule has 0 radical (unpaired) electrons.